The quantitative estimate of drug-likeness (QED) is 0.484. The van der Waals surface area contributed by atoms with E-state index in [2.05, 4.69) is 0 Å². The fraction of sp³-hybridized carbons (Fsp3) is 0.536. The summed E-state index contributed by atoms with van der Waals surface area (Å²) in [5.74, 6) is -1.55. The van der Waals surface area contributed by atoms with Crippen LogP contribution in [0.15, 0.2) is 54.1 Å². The number of hydrogen-bond donors (Lipinski definition) is 2. The zero-order valence-electron chi connectivity index (χ0n) is 20.0. The van der Waals surface area contributed by atoms with Gasteiger partial charge in [-0.15, -0.1) is 11.6 Å². The van der Waals surface area contributed by atoms with Gasteiger partial charge in [-0.05, 0) is 68.2 Å². The Balaban J connectivity index is 1.57. The Bertz CT molecular complexity index is 1140. The third kappa shape index (κ3) is 3.12. The molecule has 0 bridgehead atoms. The highest BCUT2D eigenvalue weighted by atomic mass is 35.5. The van der Waals surface area contributed by atoms with Crippen LogP contribution < -0.4 is 0 Å². The van der Waals surface area contributed by atoms with Gasteiger partial charge in [0.15, 0.2) is 11.4 Å². The molecule has 0 spiro atoms. The lowest BCUT2D eigenvalue weighted by Crippen LogP contribution is -2.69. The lowest BCUT2D eigenvalue weighted by Gasteiger charge is -2.64. The predicted octanol–water partition coefficient (Wildman–Crippen LogP) is 3.78. The van der Waals surface area contributed by atoms with E-state index in [0.717, 1.165) is 5.57 Å². The van der Waals surface area contributed by atoms with Crippen LogP contribution in [0.5, 0.6) is 0 Å². The summed E-state index contributed by atoms with van der Waals surface area (Å²) in [6.45, 7) is 3.11. The molecule has 3 fully saturated rings. The fourth-order valence-electron chi connectivity index (χ4n) is 7.80. The number of esters is 1. The minimum absolute atomic E-state index is 0.0763. The van der Waals surface area contributed by atoms with Crippen LogP contribution in [-0.2, 0) is 14.3 Å². The van der Waals surface area contributed by atoms with Gasteiger partial charge in [-0.2, -0.15) is 0 Å². The molecule has 0 aliphatic heterocycles. The summed E-state index contributed by atoms with van der Waals surface area (Å²) in [7, 11) is 0. The van der Waals surface area contributed by atoms with Crippen molar-refractivity contribution in [2.24, 2.45) is 22.7 Å². The number of hydrogen-bond acceptors (Lipinski definition) is 6. The summed E-state index contributed by atoms with van der Waals surface area (Å²) >= 11 is 7.43. The van der Waals surface area contributed by atoms with Gasteiger partial charge >= 0.3 is 5.97 Å². The molecule has 0 radical (unpaired) electrons. The van der Waals surface area contributed by atoms with E-state index in [1.54, 1.807) is 36.4 Å². The van der Waals surface area contributed by atoms with Crippen LogP contribution in [0.2, 0.25) is 0 Å². The van der Waals surface area contributed by atoms with Crippen LogP contribution in [0.4, 0.5) is 0 Å². The lowest BCUT2D eigenvalue weighted by molar-refractivity contribution is -0.175. The number of alkyl halides is 1. The monoisotopic (exact) mass is 498 g/mol. The Hall–Kier alpha value is -2.28. The SMILES string of the molecule is C[C@]12C=CC(=O)C=C1CC[C@H]1[C@@H]3CC[C@](OC(=O)c4ccccc4)(C(=O)CO)[C@@]3(C)C[C@H](O)[C@@]12Cl. The topological polar surface area (TPSA) is 101 Å². The number of carbonyl (C=O) groups excluding carboxylic acids is 3. The number of allylic oxidation sites excluding steroid dienone is 4. The first kappa shape index (κ1) is 24.4. The second kappa shape index (κ2) is 8.12. The number of benzene rings is 1. The number of halogens is 1. The van der Waals surface area contributed by atoms with E-state index in [4.69, 9.17) is 16.3 Å². The summed E-state index contributed by atoms with van der Waals surface area (Å²) in [6, 6.07) is 8.48. The summed E-state index contributed by atoms with van der Waals surface area (Å²) < 4.78 is 6.04. The maximum atomic E-state index is 13.3. The molecule has 2 N–H and O–H groups in total. The van der Waals surface area contributed by atoms with Crippen LogP contribution in [0.3, 0.4) is 0 Å². The Morgan fingerprint density at radius 2 is 1.86 bits per heavy atom. The van der Waals surface area contributed by atoms with E-state index in [0.29, 0.717) is 24.8 Å². The van der Waals surface area contributed by atoms with Gasteiger partial charge in [0.1, 0.15) is 6.61 Å². The molecule has 7 heteroatoms. The Kier molecular flexibility index (Phi) is 5.66. The van der Waals surface area contributed by atoms with Crippen molar-refractivity contribution in [3.05, 3.63) is 59.7 Å². The van der Waals surface area contributed by atoms with E-state index in [1.165, 1.54) is 6.08 Å². The summed E-state index contributed by atoms with van der Waals surface area (Å²) in [5, 5.41) is 21.6. The van der Waals surface area contributed by atoms with Crippen LogP contribution >= 0.6 is 11.6 Å². The normalized spacial score (nSPS) is 41.9. The van der Waals surface area contributed by atoms with Crippen molar-refractivity contribution < 1.29 is 29.3 Å². The Morgan fingerprint density at radius 3 is 2.54 bits per heavy atom. The van der Waals surface area contributed by atoms with E-state index in [-0.39, 0.29) is 30.5 Å². The number of ketones is 2. The zero-order chi connectivity index (χ0) is 25.2. The number of aliphatic hydroxyl groups is 2. The molecule has 0 amide bonds. The number of rotatable bonds is 4. The van der Waals surface area contributed by atoms with Crippen molar-refractivity contribution in [2.45, 2.75) is 62.5 Å². The van der Waals surface area contributed by atoms with Crippen molar-refractivity contribution >= 4 is 29.1 Å². The molecule has 35 heavy (non-hydrogen) atoms. The number of fused-ring (bicyclic) bond motifs is 5. The highest BCUT2D eigenvalue weighted by Gasteiger charge is 2.74. The molecule has 0 heterocycles. The molecule has 6 nitrogen and oxygen atoms in total. The van der Waals surface area contributed by atoms with Crippen LogP contribution in [-0.4, -0.2) is 50.9 Å². The number of Topliss-reactive ketones (excluding diaryl/α,β-unsaturated/α-hetero) is 1. The minimum Gasteiger partial charge on any atom is -0.447 e. The number of ether oxygens (including phenoxy) is 1. The van der Waals surface area contributed by atoms with Gasteiger partial charge < -0.3 is 14.9 Å². The highest BCUT2D eigenvalue weighted by molar-refractivity contribution is 6.26. The van der Waals surface area contributed by atoms with Crippen LogP contribution in [0.1, 0.15) is 56.3 Å². The van der Waals surface area contributed by atoms with E-state index in [1.807, 2.05) is 19.9 Å². The third-order valence-electron chi connectivity index (χ3n) is 9.63. The van der Waals surface area contributed by atoms with Gasteiger partial charge in [0.25, 0.3) is 0 Å². The van der Waals surface area contributed by atoms with Crippen molar-refractivity contribution in [3.63, 3.8) is 0 Å². The second-order valence-corrected chi connectivity index (χ2v) is 11.6. The molecule has 4 aliphatic rings. The third-order valence-corrected chi connectivity index (χ3v) is 10.6. The fourth-order valence-corrected chi connectivity index (χ4v) is 8.32. The second-order valence-electron chi connectivity index (χ2n) is 11.0. The number of aliphatic hydroxyl groups excluding tert-OH is 2. The van der Waals surface area contributed by atoms with Crippen molar-refractivity contribution in [1.82, 2.24) is 0 Å². The maximum Gasteiger partial charge on any atom is 0.339 e. The van der Waals surface area contributed by atoms with Crippen molar-refractivity contribution in [2.75, 3.05) is 6.61 Å². The van der Waals surface area contributed by atoms with Gasteiger partial charge in [-0.25, -0.2) is 4.79 Å². The first-order chi connectivity index (χ1) is 16.5. The van der Waals surface area contributed by atoms with Gasteiger partial charge in [-0.3, -0.25) is 9.59 Å². The molecule has 4 aliphatic carbocycles. The molecule has 1 aromatic rings. The maximum absolute atomic E-state index is 13.3. The molecular formula is C28H31ClO6. The van der Waals surface area contributed by atoms with Crippen LogP contribution in [0.25, 0.3) is 0 Å². The summed E-state index contributed by atoms with van der Waals surface area (Å²) in [4.78, 5) is 37.5. The Labute approximate surface area is 210 Å². The van der Waals surface area contributed by atoms with Gasteiger partial charge in [0, 0.05) is 10.8 Å². The highest BCUT2D eigenvalue weighted by Crippen LogP contribution is 2.71. The zero-order valence-corrected chi connectivity index (χ0v) is 20.8. The molecule has 0 aromatic heterocycles. The molecule has 186 valence electrons. The molecule has 1 aromatic carbocycles. The molecule has 0 saturated heterocycles. The van der Waals surface area contributed by atoms with Crippen molar-refractivity contribution in [3.8, 4) is 0 Å². The average molecular weight is 499 g/mol. The smallest absolute Gasteiger partial charge is 0.339 e. The molecule has 7 atom stereocenters. The van der Waals surface area contributed by atoms with Crippen LogP contribution in [0, 0.1) is 22.7 Å². The minimum atomic E-state index is -1.56. The first-order valence-corrected chi connectivity index (χ1v) is 12.6. The van der Waals surface area contributed by atoms with E-state index >= 15 is 0 Å². The van der Waals surface area contributed by atoms with Gasteiger partial charge in [0.05, 0.1) is 16.5 Å². The summed E-state index contributed by atoms with van der Waals surface area (Å²) in [6.07, 6.45) is 6.24. The predicted molar refractivity (Wildman–Crippen MR) is 130 cm³/mol. The van der Waals surface area contributed by atoms with Gasteiger partial charge in [0.2, 0.25) is 5.78 Å². The summed E-state index contributed by atoms with van der Waals surface area (Å²) in [5.41, 5.74) is -1.94. The molecule has 3 saturated carbocycles. The Morgan fingerprint density at radius 1 is 1.14 bits per heavy atom. The first-order valence-electron chi connectivity index (χ1n) is 12.3. The lowest BCUT2D eigenvalue weighted by atomic mass is 9.45. The molecule has 5 rings (SSSR count). The molecular weight excluding hydrogens is 468 g/mol. The standard InChI is InChI=1S/C28H31ClO6/c1-25-12-10-19(31)14-18(25)8-9-21-20-11-13-27(23(33)16-30,26(20,2)15-22(32)28(21,25)29)35-24(34)17-6-4-3-5-7-17/h3-7,10,12,14,20-22,30,32H,8-9,11,13,15-16H2,1-2H3/t20-,21-,22-,25-,26-,27-,28-/m0/s1. The van der Waals surface area contributed by atoms with E-state index in [9.17, 15) is 24.6 Å². The van der Waals surface area contributed by atoms with Gasteiger partial charge in [-0.1, -0.05) is 43.7 Å². The average Bonchev–Trinajstić information content (AvgIpc) is 3.13. The molecule has 0 unspecified atom stereocenters. The van der Waals surface area contributed by atoms with Crippen molar-refractivity contribution in [1.29, 1.82) is 0 Å². The largest absolute Gasteiger partial charge is 0.447 e. The van der Waals surface area contributed by atoms with E-state index < -0.39 is 45.8 Å². The number of carbonyl (C=O) groups is 3.